The van der Waals surface area contributed by atoms with Gasteiger partial charge in [-0.25, -0.2) is 0 Å². The van der Waals surface area contributed by atoms with E-state index in [0.29, 0.717) is 0 Å². The Morgan fingerprint density at radius 1 is 1.00 bits per heavy atom. The molecular formula is C20H25BrN2O2. The molecule has 2 N–H and O–H groups in total. The molecule has 0 aliphatic heterocycles. The van der Waals surface area contributed by atoms with Gasteiger partial charge >= 0.3 is 0 Å². The average molecular weight is 405 g/mol. The quantitative estimate of drug-likeness (QED) is 0.719. The molecule has 4 nitrogen and oxygen atoms in total. The molecule has 25 heavy (non-hydrogen) atoms. The molecule has 2 rings (SSSR count). The van der Waals surface area contributed by atoms with Gasteiger partial charge in [-0.1, -0.05) is 36.4 Å². The van der Waals surface area contributed by atoms with Gasteiger partial charge in [-0.05, 0) is 60.0 Å². The lowest BCUT2D eigenvalue weighted by Gasteiger charge is -2.22. The van der Waals surface area contributed by atoms with Crippen LogP contribution in [-0.2, 0) is 4.79 Å². The SMILES string of the molecule is COc1ccc(C(C)NC(C)C(=O)NC(C)c2ccccc2)cc1Br. The van der Waals surface area contributed by atoms with Crippen LogP contribution in [0.3, 0.4) is 0 Å². The second kappa shape index (κ2) is 9.02. The summed E-state index contributed by atoms with van der Waals surface area (Å²) in [6, 6.07) is 15.6. The highest BCUT2D eigenvalue weighted by atomic mass is 79.9. The third-order valence-corrected chi connectivity index (χ3v) is 4.85. The number of carbonyl (C=O) groups excluding carboxylic acids is 1. The summed E-state index contributed by atoms with van der Waals surface area (Å²) in [7, 11) is 1.64. The Morgan fingerprint density at radius 2 is 1.68 bits per heavy atom. The molecule has 0 saturated carbocycles. The summed E-state index contributed by atoms with van der Waals surface area (Å²) in [4.78, 5) is 12.5. The number of hydrogen-bond acceptors (Lipinski definition) is 3. The van der Waals surface area contributed by atoms with Crippen molar-refractivity contribution in [3.63, 3.8) is 0 Å². The summed E-state index contributed by atoms with van der Waals surface area (Å²) in [5, 5.41) is 6.40. The van der Waals surface area contributed by atoms with Gasteiger partial charge < -0.3 is 10.1 Å². The number of amides is 1. The van der Waals surface area contributed by atoms with Gasteiger partial charge in [-0.3, -0.25) is 10.1 Å². The number of methoxy groups -OCH3 is 1. The Bertz CT molecular complexity index is 706. The molecule has 0 bridgehead atoms. The number of benzene rings is 2. The van der Waals surface area contributed by atoms with Gasteiger partial charge in [0.05, 0.1) is 23.7 Å². The fourth-order valence-electron chi connectivity index (χ4n) is 2.66. The molecular weight excluding hydrogens is 380 g/mol. The molecule has 2 aromatic rings. The molecule has 0 spiro atoms. The van der Waals surface area contributed by atoms with Gasteiger partial charge in [-0.15, -0.1) is 0 Å². The van der Waals surface area contributed by atoms with E-state index >= 15 is 0 Å². The van der Waals surface area contributed by atoms with E-state index in [-0.39, 0.29) is 24.0 Å². The fourth-order valence-corrected chi connectivity index (χ4v) is 3.22. The van der Waals surface area contributed by atoms with Crippen LogP contribution in [0.2, 0.25) is 0 Å². The first-order valence-corrected chi connectivity index (χ1v) is 9.16. The summed E-state index contributed by atoms with van der Waals surface area (Å²) < 4.78 is 6.15. The average Bonchev–Trinajstić information content (AvgIpc) is 2.62. The maximum Gasteiger partial charge on any atom is 0.237 e. The van der Waals surface area contributed by atoms with E-state index in [0.717, 1.165) is 21.3 Å². The van der Waals surface area contributed by atoms with Crippen molar-refractivity contribution >= 4 is 21.8 Å². The van der Waals surface area contributed by atoms with Gasteiger partial charge in [-0.2, -0.15) is 0 Å². The maximum atomic E-state index is 12.5. The highest BCUT2D eigenvalue weighted by molar-refractivity contribution is 9.10. The highest BCUT2D eigenvalue weighted by Crippen LogP contribution is 2.28. The van der Waals surface area contributed by atoms with Crippen LogP contribution < -0.4 is 15.4 Å². The van der Waals surface area contributed by atoms with Gasteiger partial charge in [0.15, 0.2) is 0 Å². The summed E-state index contributed by atoms with van der Waals surface area (Å²) in [5.74, 6) is 0.772. The van der Waals surface area contributed by atoms with Crippen LogP contribution in [0, 0.1) is 0 Å². The van der Waals surface area contributed by atoms with Crippen molar-refractivity contribution in [3.05, 3.63) is 64.1 Å². The molecule has 0 heterocycles. The Morgan fingerprint density at radius 3 is 2.28 bits per heavy atom. The van der Waals surface area contributed by atoms with Crippen LogP contribution in [0.15, 0.2) is 53.0 Å². The highest BCUT2D eigenvalue weighted by Gasteiger charge is 2.19. The third kappa shape index (κ3) is 5.31. The lowest BCUT2D eigenvalue weighted by atomic mass is 10.1. The molecule has 0 aromatic heterocycles. The monoisotopic (exact) mass is 404 g/mol. The van der Waals surface area contributed by atoms with Crippen molar-refractivity contribution in [1.82, 2.24) is 10.6 Å². The van der Waals surface area contributed by atoms with E-state index in [9.17, 15) is 4.79 Å². The van der Waals surface area contributed by atoms with Crippen LogP contribution in [0.1, 0.15) is 44.0 Å². The smallest absolute Gasteiger partial charge is 0.237 e. The number of carbonyl (C=O) groups is 1. The molecule has 3 atom stereocenters. The largest absolute Gasteiger partial charge is 0.496 e. The first-order chi connectivity index (χ1) is 11.9. The molecule has 2 aromatic carbocycles. The summed E-state index contributed by atoms with van der Waals surface area (Å²) in [6.07, 6.45) is 0. The summed E-state index contributed by atoms with van der Waals surface area (Å²) >= 11 is 3.50. The number of halogens is 1. The minimum atomic E-state index is -0.304. The number of ether oxygens (including phenoxy) is 1. The van der Waals surface area contributed by atoms with E-state index in [1.807, 2.05) is 69.3 Å². The minimum absolute atomic E-state index is 0.0178. The van der Waals surface area contributed by atoms with Crippen LogP contribution >= 0.6 is 15.9 Å². The van der Waals surface area contributed by atoms with E-state index in [2.05, 4.69) is 26.6 Å². The van der Waals surface area contributed by atoms with E-state index in [4.69, 9.17) is 4.74 Å². The summed E-state index contributed by atoms with van der Waals surface area (Å²) in [5.41, 5.74) is 2.18. The van der Waals surface area contributed by atoms with Crippen molar-refractivity contribution in [2.75, 3.05) is 7.11 Å². The molecule has 3 unspecified atom stereocenters. The predicted octanol–water partition coefficient (Wildman–Crippen LogP) is 4.37. The van der Waals surface area contributed by atoms with Gasteiger partial charge in [0, 0.05) is 6.04 Å². The molecule has 0 fully saturated rings. The molecule has 134 valence electrons. The Balaban J connectivity index is 1.95. The standard InChI is InChI=1S/C20H25BrN2O2/c1-13(16-8-6-5-7-9-16)23-20(24)15(3)22-14(2)17-10-11-19(25-4)18(21)12-17/h5-15,22H,1-4H3,(H,23,24). The van der Waals surface area contributed by atoms with Gasteiger partial charge in [0.2, 0.25) is 5.91 Å². The number of nitrogens with one attached hydrogen (secondary N) is 2. The first kappa shape index (κ1) is 19.5. The minimum Gasteiger partial charge on any atom is -0.496 e. The van der Waals surface area contributed by atoms with Crippen molar-refractivity contribution in [2.45, 2.75) is 38.9 Å². The normalized spacial score (nSPS) is 14.4. The fraction of sp³-hybridized carbons (Fsp3) is 0.350. The third-order valence-electron chi connectivity index (χ3n) is 4.23. The van der Waals surface area contributed by atoms with E-state index in [1.54, 1.807) is 7.11 Å². The Kier molecular flexibility index (Phi) is 7.02. The zero-order valence-corrected chi connectivity index (χ0v) is 16.6. The predicted molar refractivity (Wildman–Crippen MR) is 105 cm³/mol. The van der Waals surface area contributed by atoms with Crippen molar-refractivity contribution in [2.24, 2.45) is 0 Å². The van der Waals surface area contributed by atoms with Crippen molar-refractivity contribution in [1.29, 1.82) is 0 Å². The van der Waals surface area contributed by atoms with Crippen LogP contribution in [-0.4, -0.2) is 19.1 Å². The second-order valence-corrected chi connectivity index (χ2v) is 7.00. The number of hydrogen-bond donors (Lipinski definition) is 2. The zero-order valence-electron chi connectivity index (χ0n) is 15.0. The lowest BCUT2D eigenvalue weighted by molar-refractivity contribution is -0.123. The topological polar surface area (TPSA) is 50.4 Å². The Hall–Kier alpha value is -1.85. The second-order valence-electron chi connectivity index (χ2n) is 6.14. The summed E-state index contributed by atoms with van der Waals surface area (Å²) in [6.45, 7) is 5.91. The molecule has 0 aliphatic carbocycles. The molecule has 0 aliphatic rings. The zero-order chi connectivity index (χ0) is 18.4. The molecule has 0 radical (unpaired) electrons. The molecule has 5 heteroatoms. The molecule has 1 amide bonds. The van der Waals surface area contributed by atoms with Gasteiger partial charge in [0.1, 0.15) is 5.75 Å². The van der Waals surface area contributed by atoms with Crippen molar-refractivity contribution < 1.29 is 9.53 Å². The maximum absolute atomic E-state index is 12.5. The van der Waals surface area contributed by atoms with Crippen LogP contribution in [0.25, 0.3) is 0 Å². The number of rotatable bonds is 7. The molecule has 0 saturated heterocycles. The van der Waals surface area contributed by atoms with Crippen molar-refractivity contribution in [3.8, 4) is 5.75 Å². The van der Waals surface area contributed by atoms with E-state index < -0.39 is 0 Å². The van der Waals surface area contributed by atoms with Gasteiger partial charge in [0.25, 0.3) is 0 Å². The van der Waals surface area contributed by atoms with Crippen LogP contribution in [0.4, 0.5) is 0 Å². The first-order valence-electron chi connectivity index (χ1n) is 8.37. The van der Waals surface area contributed by atoms with Crippen LogP contribution in [0.5, 0.6) is 5.75 Å². The van der Waals surface area contributed by atoms with E-state index in [1.165, 1.54) is 0 Å². The Labute approximate surface area is 158 Å². The lowest BCUT2D eigenvalue weighted by Crippen LogP contribution is -2.43.